The van der Waals surface area contributed by atoms with Crippen LogP contribution in [0.25, 0.3) is 0 Å². The molecule has 0 aliphatic heterocycles. The Morgan fingerprint density at radius 2 is 2.00 bits per heavy atom. The molecule has 0 bridgehead atoms. The van der Waals surface area contributed by atoms with Gasteiger partial charge in [0.2, 0.25) is 0 Å². The minimum Gasteiger partial charge on any atom is -0.394 e. The van der Waals surface area contributed by atoms with Gasteiger partial charge in [0.15, 0.2) is 0 Å². The highest BCUT2D eigenvalue weighted by atomic mass is 16.5. The maximum absolute atomic E-state index is 9.80. The molecule has 0 saturated heterocycles. The molecule has 20 heavy (non-hydrogen) atoms. The van der Waals surface area contributed by atoms with Crippen LogP contribution >= 0.6 is 0 Å². The molecule has 4 atom stereocenters. The molecule has 0 spiro atoms. The standard InChI is InChI=1S/C17H33NO2/c1-3-18-17(13-19)11-6-8-15(17)10-12-20-16-9-5-4-7-14(16)2/h14-16,18-19H,3-13H2,1-2H3. The van der Waals surface area contributed by atoms with Crippen molar-refractivity contribution in [3.63, 3.8) is 0 Å². The molecule has 3 nitrogen and oxygen atoms in total. The fraction of sp³-hybridized carbons (Fsp3) is 1.00. The lowest BCUT2D eigenvalue weighted by atomic mass is 9.85. The number of rotatable bonds is 7. The van der Waals surface area contributed by atoms with E-state index in [2.05, 4.69) is 19.2 Å². The summed E-state index contributed by atoms with van der Waals surface area (Å²) in [6.07, 6.45) is 10.4. The molecule has 2 saturated carbocycles. The van der Waals surface area contributed by atoms with Crippen molar-refractivity contribution in [2.45, 2.75) is 76.9 Å². The van der Waals surface area contributed by atoms with E-state index in [9.17, 15) is 5.11 Å². The smallest absolute Gasteiger partial charge is 0.0616 e. The highest BCUT2D eigenvalue weighted by Gasteiger charge is 2.41. The lowest BCUT2D eigenvalue weighted by Crippen LogP contribution is -2.51. The van der Waals surface area contributed by atoms with Crippen LogP contribution in [0.3, 0.4) is 0 Å². The predicted octanol–water partition coefficient (Wildman–Crippen LogP) is 3.11. The molecular weight excluding hydrogens is 250 g/mol. The monoisotopic (exact) mass is 283 g/mol. The number of hydrogen-bond donors (Lipinski definition) is 2. The van der Waals surface area contributed by atoms with Crippen LogP contribution in [0.5, 0.6) is 0 Å². The quantitative estimate of drug-likeness (QED) is 0.754. The Kier molecular flexibility index (Phi) is 6.31. The van der Waals surface area contributed by atoms with Gasteiger partial charge in [0.05, 0.1) is 12.7 Å². The van der Waals surface area contributed by atoms with Gasteiger partial charge in [-0.25, -0.2) is 0 Å². The van der Waals surface area contributed by atoms with Crippen molar-refractivity contribution in [2.24, 2.45) is 11.8 Å². The molecule has 2 fully saturated rings. The van der Waals surface area contributed by atoms with Crippen LogP contribution in [-0.2, 0) is 4.74 Å². The van der Waals surface area contributed by atoms with Crippen molar-refractivity contribution in [1.29, 1.82) is 0 Å². The molecule has 0 aromatic rings. The molecule has 0 aromatic heterocycles. The summed E-state index contributed by atoms with van der Waals surface area (Å²) in [6, 6.07) is 0. The van der Waals surface area contributed by atoms with Crippen molar-refractivity contribution in [2.75, 3.05) is 19.8 Å². The first-order valence-corrected chi connectivity index (χ1v) is 8.69. The van der Waals surface area contributed by atoms with Gasteiger partial charge in [-0.2, -0.15) is 0 Å². The average molecular weight is 283 g/mol. The topological polar surface area (TPSA) is 41.5 Å². The van der Waals surface area contributed by atoms with E-state index in [-0.39, 0.29) is 12.1 Å². The molecule has 2 N–H and O–H groups in total. The summed E-state index contributed by atoms with van der Waals surface area (Å²) < 4.78 is 6.16. The minimum absolute atomic E-state index is 0.0315. The van der Waals surface area contributed by atoms with Gasteiger partial charge in [0.25, 0.3) is 0 Å². The van der Waals surface area contributed by atoms with Gasteiger partial charge in [-0.1, -0.05) is 33.1 Å². The SMILES string of the molecule is CCNC1(CO)CCCC1CCOC1CCCCC1C. The van der Waals surface area contributed by atoms with Crippen LogP contribution in [0.15, 0.2) is 0 Å². The zero-order valence-corrected chi connectivity index (χ0v) is 13.4. The Balaban J connectivity index is 1.77. The van der Waals surface area contributed by atoms with Gasteiger partial charge in [0.1, 0.15) is 0 Å². The van der Waals surface area contributed by atoms with E-state index < -0.39 is 0 Å². The Labute approximate surface area is 124 Å². The number of ether oxygens (including phenoxy) is 1. The summed E-state index contributed by atoms with van der Waals surface area (Å²) in [5.41, 5.74) is -0.0315. The van der Waals surface area contributed by atoms with Gasteiger partial charge < -0.3 is 15.2 Å². The molecule has 118 valence electrons. The molecule has 2 aliphatic rings. The number of aliphatic hydroxyl groups excluding tert-OH is 1. The molecule has 0 amide bonds. The van der Waals surface area contributed by atoms with Crippen molar-refractivity contribution in [1.82, 2.24) is 5.32 Å². The summed E-state index contributed by atoms with van der Waals surface area (Å²) in [7, 11) is 0. The van der Waals surface area contributed by atoms with Gasteiger partial charge in [-0.15, -0.1) is 0 Å². The van der Waals surface area contributed by atoms with E-state index in [1.807, 2.05) is 0 Å². The summed E-state index contributed by atoms with van der Waals surface area (Å²) >= 11 is 0. The molecule has 0 heterocycles. The second kappa shape index (κ2) is 7.77. The normalized spacial score (nSPS) is 38.2. The van der Waals surface area contributed by atoms with E-state index >= 15 is 0 Å². The van der Waals surface area contributed by atoms with Crippen molar-refractivity contribution in [3.05, 3.63) is 0 Å². The van der Waals surface area contributed by atoms with Gasteiger partial charge in [-0.3, -0.25) is 0 Å². The van der Waals surface area contributed by atoms with Crippen molar-refractivity contribution >= 4 is 0 Å². The van der Waals surface area contributed by atoms with Crippen molar-refractivity contribution in [3.8, 4) is 0 Å². The fourth-order valence-electron chi connectivity index (χ4n) is 4.31. The fourth-order valence-corrected chi connectivity index (χ4v) is 4.31. The Morgan fingerprint density at radius 1 is 1.20 bits per heavy atom. The zero-order valence-electron chi connectivity index (χ0n) is 13.4. The molecular formula is C17H33NO2. The predicted molar refractivity (Wildman–Crippen MR) is 82.8 cm³/mol. The van der Waals surface area contributed by atoms with Crippen LogP contribution in [0.2, 0.25) is 0 Å². The Bertz CT molecular complexity index is 284. The largest absolute Gasteiger partial charge is 0.394 e. The first-order chi connectivity index (χ1) is 9.72. The van der Waals surface area contributed by atoms with Crippen LogP contribution in [0, 0.1) is 11.8 Å². The molecule has 0 aromatic carbocycles. The third-order valence-electron chi connectivity index (χ3n) is 5.60. The zero-order chi connectivity index (χ0) is 14.4. The summed E-state index contributed by atoms with van der Waals surface area (Å²) in [5.74, 6) is 1.30. The van der Waals surface area contributed by atoms with Gasteiger partial charge in [0, 0.05) is 12.1 Å². The molecule has 3 heteroatoms. The van der Waals surface area contributed by atoms with Crippen LogP contribution in [0.4, 0.5) is 0 Å². The number of likely N-dealkylation sites (N-methyl/N-ethyl adjacent to an activating group) is 1. The van der Waals surface area contributed by atoms with Crippen LogP contribution in [-0.4, -0.2) is 36.5 Å². The van der Waals surface area contributed by atoms with Crippen LogP contribution in [0.1, 0.15) is 65.2 Å². The van der Waals surface area contributed by atoms with E-state index in [1.54, 1.807) is 0 Å². The van der Waals surface area contributed by atoms with E-state index in [0.29, 0.717) is 12.0 Å². The third kappa shape index (κ3) is 3.75. The molecule has 2 aliphatic carbocycles. The molecule has 0 radical (unpaired) electrons. The Hall–Kier alpha value is -0.120. The first kappa shape index (κ1) is 16.3. The average Bonchev–Trinajstić information content (AvgIpc) is 2.85. The van der Waals surface area contributed by atoms with E-state index in [1.165, 1.54) is 38.5 Å². The summed E-state index contributed by atoms with van der Waals surface area (Å²) in [5, 5.41) is 13.4. The summed E-state index contributed by atoms with van der Waals surface area (Å²) in [4.78, 5) is 0. The van der Waals surface area contributed by atoms with E-state index in [0.717, 1.165) is 31.9 Å². The second-order valence-electron chi connectivity index (χ2n) is 6.89. The number of aliphatic hydroxyl groups is 1. The summed E-state index contributed by atoms with van der Waals surface area (Å²) in [6.45, 7) is 6.54. The molecule has 2 rings (SSSR count). The number of hydrogen-bond acceptors (Lipinski definition) is 3. The second-order valence-corrected chi connectivity index (χ2v) is 6.89. The third-order valence-corrected chi connectivity index (χ3v) is 5.60. The lowest BCUT2D eigenvalue weighted by molar-refractivity contribution is -0.0162. The van der Waals surface area contributed by atoms with Gasteiger partial charge >= 0.3 is 0 Å². The number of nitrogens with one attached hydrogen (secondary N) is 1. The maximum atomic E-state index is 9.80. The minimum atomic E-state index is -0.0315. The maximum Gasteiger partial charge on any atom is 0.0616 e. The van der Waals surface area contributed by atoms with Gasteiger partial charge in [-0.05, 0) is 50.5 Å². The first-order valence-electron chi connectivity index (χ1n) is 8.69. The van der Waals surface area contributed by atoms with Crippen LogP contribution < -0.4 is 5.32 Å². The highest BCUT2D eigenvalue weighted by Crippen LogP contribution is 2.38. The Morgan fingerprint density at radius 3 is 2.70 bits per heavy atom. The highest BCUT2D eigenvalue weighted by molar-refractivity contribution is 4.98. The lowest BCUT2D eigenvalue weighted by Gasteiger charge is -2.35. The van der Waals surface area contributed by atoms with Crippen molar-refractivity contribution < 1.29 is 9.84 Å². The molecule has 4 unspecified atom stereocenters. The van der Waals surface area contributed by atoms with E-state index in [4.69, 9.17) is 4.74 Å².